The molecule has 0 aliphatic carbocycles. The minimum Gasteiger partial charge on any atom is -0.868 e. The van der Waals surface area contributed by atoms with E-state index < -0.39 is 0 Å². The zero-order valence-electron chi connectivity index (χ0n) is 8.40. The van der Waals surface area contributed by atoms with Crippen molar-refractivity contribution < 1.29 is 9.79 Å². The van der Waals surface area contributed by atoms with Gasteiger partial charge in [-0.05, 0) is 29.0 Å². The maximum absolute atomic E-state index is 11.7. The van der Waals surface area contributed by atoms with Crippen LogP contribution in [0.1, 0.15) is 13.3 Å². The molecule has 3 nitrogen and oxygen atoms in total. The van der Waals surface area contributed by atoms with Gasteiger partial charge >= 0.3 is 0 Å². The van der Waals surface area contributed by atoms with Crippen molar-refractivity contribution in [3.05, 3.63) is 28.9 Å². The van der Waals surface area contributed by atoms with E-state index in [1.807, 2.05) is 12.1 Å². The monoisotopic (exact) mass is 266 g/mol. The zero-order valence-corrected chi connectivity index (χ0v) is 9.99. The Morgan fingerprint density at radius 3 is 3.00 bits per heavy atom. The van der Waals surface area contributed by atoms with Crippen LogP contribution < -0.4 is 9.79 Å². The highest BCUT2D eigenvalue weighted by Gasteiger charge is 2.05. The molecule has 0 bridgehead atoms. The van der Waals surface area contributed by atoms with Gasteiger partial charge in [0.15, 0.2) is 12.7 Å². The van der Waals surface area contributed by atoms with E-state index in [2.05, 4.69) is 28.0 Å². The van der Waals surface area contributed by atoms with Crippen molar-refractivity contribution in [2.45, 2.75) is 19.9 Å². The molecular formula is C11H11BrN2O. The summed E-state index contributed by atoms with van der Waals surface area (Å²) >= 11 is 3.34. The lowest BCUT2D eigenvalue weighted by molar-refractivity contribution is -0.753. The van der Waals surface area contributed by atoms with E-state index in [1.54, 1.807) is 16.9 Å². The second-order valence-electron chi connectivity index (χ2n) is 3.42. The highest BCUT2D eigenvalue weighted by atomic mass is 79.9. The molecule has 2 rings (SSSR count). The second-order valence-corrected chi connectivity index (χ2v) is 4.33. The smallest absolute Gasteiger partial charge is 0.189 e. The minimum atomic E-state index is 0.0229. The Kier molecular flexibility index (Phi) is 2.86. The average molecular weight is 267 g/mol. The Balaban J connectivity index is 2.62. The topological polar surface area (TPSA) is 39.8 Å². The van der Waals surface area contributed by atoms with Crippen LogP contribution >= 0.6 is 15.9 Å². The van der Waals surface area contributed by atoms with Crippen molar-refractivity contribution in [1.29, 1.82) is 0 Å². The Bertz CT molecular complexity index is 499. The van der Waals surface area contributed by atoms with Crippen molar-refractivity contribution in [2.75, 3.05) is 0 Å². The third kappa shape index (κ3) is 2.09. The molecule has 0 saturated heterocycles. The van der Waals surface area contributed by atoms with Crippen LogP contribution in [0.5, 0.6) is 5.75 Å². The Morgan fingerprint density at radius 1 is 1.47 bits per heavy atom. The molecule has 1 heterocycles. The van der Waals surface area contributed by atoms with Gasteiger partial charge in [-0.25, -0.2) is 0 Å². The quantitative estimate of drug-likeness (QED) is 0.778. The minimum absolute atomic E-state index is 0.0229. The summed E-state index contributed by atoms with van der Waals surface area (Å²) in [5.41, 5.74) is 0.749. The summed E-state index contributed by atoms with van der Waals surface area (Å²) in [6.45, 7) is 2.84. The van der Waals surface area contributed by atoms with E-state index in [-0.39, 0.29) is 5.75 Å². The van der Waals surface area contributed by atoms with Gasteiger partial charge in [0.1, 0.15) is 5.52 Å². The maximum atomic E-state index is 11.7. The van der Waals surface area contributed by atoms with E-state index in [9.17, 15) is 5.11 Å². The fourth-order valence-electron chi connectivity index (χ4n) is 1.51. The van der Waals surface area contributed by atoms with Crippen LogP contribution in [0.4, 0.5) is 0 Å². The summed E-state index contributed by atoms with van der Waals surface area (Å²) in [7, 11) is 0. The normalized spacial score (nSPS) is 10.8. The Labute approximate surface area is 96.5 Å². The van der Waals surface area contributed by atoms with Gasteiger partial charge < -0.3 is 5.11 Å². The van der Waals surface area contributed by atoms with Crippen LogP contribution in [0, 0.1) is 0 Å². The molecule has 0 spiro atoms. The molecule has 0 saturated carbocycles. The largest absolute Gasteiger partial charge is 0.868 e. The summed E-state index contributed by atoms with van der Waals surface area (Å²) in [4.78, 5) is 0. The molecule has 0 N–H and O–H groups in total. The highest BCUT2D eigenvalue weighted by Crippen LogP contribution is 2.22. The molecule has 78 valence electrons. The second kappa shape index (κ2) is 4.14. The van der Waals surface area contributed by atoms with Crippen molar-refractivity contribution in [2.24, 2.45) is 0 Å². The van der Waals surface area contributed by atoms with E-state index in [0.717, 1.165) is 23.0 Å². The van der Waals surface area contributed by atoms with Gasteiger partial charge in [-0.2, -0.15) is 0 Å². The predicted molar refractivity (Wildman–Crippen MR) is 59.4 cm³/mol. The van der Waals surface area contributed by atoms with Gasteiger partial charge in [0.05, 0.1) is 0 Å². The third-order valence-corrected chi connectivity index (χ3v) is 2.67. The number of benzene rings is 1. The van der Waals surface area contributed by atoms with Gasteiger partial charge in [-0.1, -0.05) is 27.5 Å². The average Bonchev–Trinajstić information content (AvgIpc) is 2.20. The fourth-order valence-corrected chi connectivity index (χ4v) is 1.87. The number of nitrogens with zero attached hydrogens (tertiary/aromatic N) is 2. The summed E-state index contributed by atoms with van der Waals surface area (Å²) in [5.74, 6) is 0.0229. The van der Waals surface area contributed by atoms with Gasteiger partial charge in [0.25, 0.3) is 0 Å². The van der Waals surface area contributed by atoms with Crippen LogP contribution in [0.2, 0.25) is 0 Å². The first-order chi connectivity index (χ1) is 7.20. The molecule has 15 heavy (non-hydrogen) atoms. The number of hydrogen-bond donors (Lipinski definition) is 0. The van der Waals surface area contributed by atoms with Crippen molar-refractivity contribution >= 4 is 26.8 Å². The molecule has 0 radical (unpaired) electrons. The van der Waals surface area contributed by atoms with E-state index in [1.165, 1.54) is 0 Å². The first kappa shape index (κ1) is 10.4. The fraction of sp³-hybridized carbons (Fsp3) is 0.273. The van der Waals surface area contributed by atoms with Crippen molar-refractivity contribution in [3.63, 3.8) is 0 Å². The molecule has 0 aliphatic rings. The van der Waals surface area contributed by atoms with Crippen LogP contribution in [0.3, 0.4) is 0 Å². The maximum Gasteiger partial charge on any atom is 0.189 e. The summed E-state index contributed by atoms with van der Waals surface area (Å²) in [6, 6.07) is 5.55. The molecule has 4 heteroatoms. The lowest BCUT2D eigenvalue weighted by Crippen LogP contribution is -2.37. The molecule has 2 aromatic rings. The molecule has 0 atom stereocenters. The molecule has 0 unspecified atom stereocenters. The van der Waals surface area contributed by atoms with Crippen LogP contribution in [0.15, 0.2) is 28.9 Å². The number of aryl methyl sites for hydroxylation is 1. The van der Waals surface area contributed by atoms with Gasteiger partial charge in [0, 0.05) is 16.3 Å². The third-order valence-electron chi connectivity index (χ3n) is 2.18. The Hall–Kier alpha value is -1.16. The standard InChI is InChI=1S/C11H11BrN2O/c1-2-5-14-7-11(15)9-6-8(12)3-4-10(9)13-14/h3-4,6-7H,2,5H2,1H3. The molecule has 0 fully saturated rings. The van der Waals surface area contributed by atoms with Crippen molar-refractivity contribution in [3.8, 4) is 5.75 Å². The zero-order chi connectivity index (χ0) is 10.8. The molecule has 1 aromatic carbocycles. The Morgan fingerprint density at radius 2 is 2.27 bits per heavy atom. The van der Waals surface area contributed by atoms with Crippen LogP contribution in [-0.4, -0.2) is 5.10 Å². The number of aromatic nitrogens is 2. The number of rotatable bonds is 2. The molecule has 0 amide bonds. The van der Waals surface area contributed by atoms with Gasteiger partial charge in [0.2, 0.25) is 0 Å². The van der Waals surface area contributed by atoms with E-state index in [0.29, 0.717) is 5.39 Å². The lowest BCUT2D eigenvalue weighted by Gasteiger charge is -2.07. The number of halogens is 1. The molecule has 1 aromatic heterocycles. The number of hydrogen-bond acceptors (Lipinski definition) is 2. The SMILES string of the molecule is CCC[n+]1cc([O-])c2cc(Br)ccc2n1. The summed E-state index contributed by atoms with van der Waals surface area (Å²) in [6.07, 6.45) is 2.53. The molecule has 0 aliphatic heterocycles. The first-order valence-electron chi connectivity index (χ1n) is 4.87. The van der Waals surface area contributed by atoms with E-state index >= 15 is 0 Å². The van der Waals surface area contributed by atoms with Gasteiger partial charge in [-0.3, -0.25) is 0 Å². The highest BCUT2D eigenvalue weighted by molar-refractivity contribution is 9.10. The predicted octanol–water partition coefficient (Wildman–Crippen LogP) is 1.77. The van der Waals surface area contributed by atoms with E-state index in [4.69, 9.17) is 0 Å². The van der Waals surface area contributed by atoms with Crippen molar-refractivity contribution in [1.82, 2.24) is 5.10 Å². The summed E-state index contributed by atoms with van der Waals surface area (Å²) in [5, 5.41) is 16.8. The lowest BCUT2D eigenvalue weighted by atomic mass is 10.2. The summed E-state index contributed by atoms with van der Waals surface area (Å²) < 4.78 is 2.61. The van der Waals surface area contributed by atoms with Gasteiger partial charge in [-0.15, -0.1) is 0 Å². The molecular weight excluding hydrogens is 256 g/mol. The van der Waals surface area contributed by atoms with Crippen LogP contribution in [0.25, 0.3) is 10.9 Å². The first-order valence-corrected chi connectivity index (χ1v) is 5.67. The van der Waals surface area contributed by atoms with Crippen LogP contribution in [-0.2, 0) is 6.54 Å². The number of fused-ring (bicyclic) bond motifs is 1.